The Balaban J connectivity index is 1.43. The van der Waals surface area contributed by atoms with Gasteiger partial charge in [0.15, 0.2) is 5.82 Å². The second-order valence-corrected chi connectivity index (χ2v) is 11.9. The predicted octanol–water partition coefficient (Wildman–Crippen LogP) is 3.86. The SMILES string of the molecule is O=C1CN(c2c(OCc3ccccc3)cc3c(c2F)C[C@H](N(CCC2CC(F)(F)C2)C(=O)O)CC3)S(=O)(=O)N1. The van der Waals surface area contributed by atoms with Crippen molar-refractivity contribution in [2.75, 3.05) is 17.4 Å². The molecule has 3 aliphatic rings. The van der Waals surface area contributed by atoms with Gasteiger partial charge in [-0.25, -0.2) is 27.0 Å². The van der Waals surface area contributed by atoms with E-state index in [-0.39, 0.29) is 56.1 Å². The van der Waals surface area contributed by atoms with E-state index < -0.39 is 52.2 Å². The fraction of sp³-hybridized carbons (Fsp3) is 0.462. The molecule has 2 fully saturated rings. The van der Waals surface area contributed by atoms with Gasteiger partial charge in [-0.1, -0.05) is 30.3 Å². The van der Waals surface area contributed by atoms with Crippen LogP contribution in [0.3, 0.4) is 0 Å². The number of ether oxygens (including phenoxy) is 1. The summed E-state index contributed by atoms with van der Waals surface area (Å²) in [6.45, 7) is -0.560. The highest BCUT2D eigenvalue weighted by molar-refractivity contribution is 7.92. The Morgan fingerprint density at radius 2 is 1.95 bits per heavy atom. The van der Waals surface area contributed by atoms with Crippen LogP contribution in [0.5, 0.6) is 5.75 Å². The number of aryl methyl sites for hydroxylation is 1. The van der Waals surface area contributed by atoms with Crippen LogP contribution in [0, 0.1) is 11.7 Å². The van der Waals surface area contributed by atoms with Gasteiger partial charge in [-0.15, -0.1) is 0 Å². The normalized spacial score (nSPS) is 21.6. The van der Waals surface area contributed by atoms with Crippen LogP contribution in [0.15, 0.2) is 36.4 Å². The number of benzene rings is 2. The van der Waals surface area contributed by atoms with Crippen LogP contribution in [0.1, 0.15) is 42.4 Å². The molecule has 1 atom stereocenters. The number of hydrogen-bond acceptors (Lipinski definition) is 5. The zero-order chi connectivity index (χ0) is 27.9. The Bertz CT molecular complexity index is 1380. The Morgan fingerprint density at radius 1 is 1.23 bits per heavy atom. The van der Waals surface area contributed by atoms with Crippen molar-refractivity contribution in [3.05, 3.63) is 58.9 Å². The number of amides is 2. The van der Waals surface area contributed by atoms with Gasteiger partial charge in [-0.05, 0) is 54.4 Å². The van der Waals surface area contributed by atoms with Gasteiger partial charge in [0.2, 0.25) is 5.92 Å². The van der Waals surface area contributed by atoms with E-state index in [4.69, 9.17) is 4.74 Å². The van der Waals surface area contributed by atoms with Gasteiger partial charge in [0.1, 0.15) is 24.6 Å². The number of nitrogens with zero attached hydrogens (tertiary/aromatic N) is 2. The molecule has 1 saturated heterocycles. The van der Waals surface area contributed by atoms with Gasteiger partial charge in [-0.3, -0.25) is 4.79 Å². The number of carboxylic acid groups (broad SMARTS) is 1. The third kappa shape index (κ3) is 5.63. The Hall–Kier alpha value is -3.48. The molecule has 2 amide bonds. The highest BCUT2D eigenvalue weighted by Gasteiger charge is 2.45. The van der Waals surface area contributed by atoms with E-state index in [1.165, 1.54) is 0 Å². The summed E-state index contributed by atoms with van der Waals surface area (Å²) < 4.78 is 76.2. The zero-order valence-corrected chi connectivity index (χ0v) is 21.7. The molecule has 0 aromatic heterocycles. The summed E-state index contributed by atoms with van der Waals surface area (Å²) in [6.07, 6.45) is -0.841. The average Bonchev–Trinajstić information content (AvgIpc) is 3.13. The van der Waals surface area contributed by atoms with E-state index >= 15 is 4.39 Å². The number of anilines is 1. The number of rotatable bonds is 8. The minimum Gasteiger partial charge on any atom is -0.487 e. The first-order valence-electron chi connectivity index (χ1n) is 12.7. The molecule has 1 saturated carbocycles. The van der Waals surface area contributed by atoms with E-state index in [1.54, 1.807) is 30.3 Å². The molecular weight excluding hydrogens is 539 g/mol. The summed E-state index contributed by atoms with van der Waals surface area (Å²) in [6, 6.07) is 9.93. The Labute approximate surface area is 223 Å². The summed E-state index contributed by atoms with van der Waals surface area (Å²) in [5, 5.41) is 9.83. The molecule has 2 N–H and O–H groups in total. The second-order valence-electron chi connectivity index (χ2n) is 10.3. The van der Waals surface area contributed by atoms with Crippen LogP contribution in [0.2, 0.25) is 0 Å². The fourth-order valence-corrected chi connectivity index (χ4v) is 6.70. The lowest BCUT2D eigenvalue weighted by Crippen LogP contribution is -2.45. The maximum atomic E-state index is 16.2. The Kier molecular flexibility index (Phi) is 7.12. The lowest BCUT2D eigenvalue weighted by Gasteiger charge is -2.38. The fourth-order valence-electron chi connectivity index (χ4n) is 5.54. The van der Waals surface area contributed by atoms with Crippen molar-refractivity contribution in [3.63, 3.8) is 0 Å². The lowest BCUT2D eigenvalue weighted by molar-refractivity contribution is -0.117. The van der Waals surface area contributed by atoms with Crippen molar-refractivity contribution >= 4 is 27.9 Å². The highest BCUT2D eigenvalue weighted by atomic mass is 32.2. The molecule has 0 spiro atoms. The van der Waals surface area contributed by atoms with E-state index in [2.05, 4.69) is 0 Å². The molecule has 0 unspecified atom stereocenters. The summed E-state index contributed by atoms with van der Waals surface area (Å²) in [4.78, 5) is 25.1. The van der Waals surface area contributed by atoms with Crippen LogP contribution in [0.25, 0.3) is 0 Å². The number of carbonyl (C=O) groups excluding carboxylic acids is 1. The minimum atomic E-state index is -4.36. The molecule has 1 heterocycles. The number of carbonyl (C=O) groups is 2. The second kappa shape index (κ2) is 10.2. The predicted molar refractivity (Wildman–Crippen MR) is 134 cm³/mol. The molecule has 0 radical (unpaired) electrons. The van der Waals surface area contributed by atoms with Crippen molar-refractivity contribution in [1.82, 2.24) is 9.62 Å². The number of alkyl halides is 2. The maximum absolute atomic E-state index is 16.2. The largest absolute Gasteiger partial charge is 0.487 e. The smallest absolute Gasteiger partial charge is 0.407 e. The zero-order valence-electron chi connectivity index (χ0n) is 20.9. The van der Waals surface area contributed by atoms with Crippen LogP contribution in [-0.2, 0) is 34.5 Å². The third-order valence-electron chi connectivity index (χ3n) is 7.53. The van der Waals surface area contributed by atoms with Crippen molar-refractivity contribution in [3.8, 4) is 5.75 Å². The van der Waals surface area contributed by atoms with Crippen molar-refractivity contribution < 1.29 is 41.0 Å². The van der Waals surface area contributed by atoms with Crippen LogP contribution in [-0.4, -0.2) is 55.5 Å². The third-order valence-corrected chi connectivity index (χ3v) is 8.91. The number of hydrogen-bond donors (Lipinski definition) is 2. The minimum absolute atomic E-state index is 0.0248. The maximum Gasteiger partial charge on any atom is 0.407 e. The number of halogens is 3. The lowest BCUT2D eigenvalue weighted by atomic mass is 9.79. The van der Waals surface area contributed by atoms with Gasteiger partial charge in [0, 0.05) is 25.4 Å². The number of nitrogens with one attached hydrogen (secondary N) is 1. The quantitative estimate of drug-likeness (QED) is 0.501. The van der Waals surface area contributed by atoms with Crippen molar-refractivity contribution in [2.24, 2.45) is 5.92 Å². The molecule has 1 aliphatic heterocycles. The molecule has 39 heavy (non-hydrogen) atoms. The molecule has 0 bridgehead atoms. The first kappa shape index (κ1) is 27.1. The molecule has 13 heteroatoms. The summed E-state index contributed by atoms with van der Waals surface area (Å²) in [7, 11) is -4.36. The molecule has 2 aromatic carbocycles. The van der Waals surface area contributed by atoms with Crippen LogP contribution >= 0.6 is 0 Å². The van der Waals surface area contributed by atoms with Gasteiger partial charge in [0.05, 0.1) is 0 Å². The topological polar surface area (TPSA) is 116 Å². The summed E-state index contributed by atoms with van der Waals surface area (Å²) in [5.41, 5.74) is 1.04. The van der Waals surface area contributed by atoms with Gasteiger partial charge in [-0.2, -0.15) is 8.42 Å². The Morgan fingerprint density at radius 3 is 2.56 bits per heavy atom. The molecule has 210 valence electrons. The van der Waals surface area contributed by atoms with Gasteiger partial charge >= 0.3 is 16.3 Å². The van der Waals surface area contributed by atoms with E-state index in [0.29, 0.717) is 22.7 Å². The first-order valence-corrected chi connectivity index (χ1v) is 14.1. The van der Waals surface area contributed by atoms with Crippen molar-refractivity contribution in [2.45, 2.75) is 57.1 Å². The molecule has 5 rings (SSSR count). The molecular formula is C26H28F3N3O6S. The molecule has 9 nitrogen and oxygen atoms in total. The molecule has 2 aromatic rings. The van der Waals surface area contributed by atoms with Gasteiger partial charge < -0.3 is 14.7 Å². The number of fused-ring (bicyclic) bond motifs is 1. The summed E-state index contributed by atoms with van der Waals surface area (Å²) in [5.74, 6) is -4.73. The van der Waals surface area contributed by atoms with Crippen molar-refractivity contribution in [1.29, 1.82) is 0 Å². The molecule has 2 aliphatic carbocycles. The van der Waals surface area contributed by atoms with Gasteiger partial charge in [0.25, 0.3) is 5.91 Å². The average molecular weight is 568 g/mol. The van der Waals surface area contributed by atoms with E-state index in [1.807, 2.05) is 10.8 Å². The first-order chi connectivity index (χ1) is 18.4. The summed E-state index contributed by atoms with van der Waals surface area (Å²) >= 11 is 0. The van der Waals surface area contributed by atoms with E-state index in [0.717, 1.165) is 10.5 Å². The standard InChI is InChI=1S/C26H28F3N3O6S/c27-23-20-11-19(31(25(34)35)9-8-17-12-26(28,29)13-17)7-6-18(20)10-21(38-15-16-4-2-1-3-5-16)24(23)32-14-22(33)30-39(32,36)37/h1-5,10,17,19H,6-9,11-15H2,(H,30,33)(H,34,35)/t19-/m1/s1. The highest BCUT2D eigenvalue weighted by Crippen LogP contribution is 2.45. The van der Waals surface area contributed by atoms with Crippen LogP contribution in [0.4, 0.5) is 23.7 Å². The van der Waals surface area contributed by atoms with Crippen LogP contribution < -0.4 is 13.8 Å². The van der Waals surface area contributed by atoms with E-state index in [9.17, 15) is 31.9 Å². The monoisotopic (exact) mass is 567 g/mol.